The van der Waals surface area contributed by atoms with Gasteiger partial charge in [-0.2, -0.15) is 0 Å². The van der Waals surface area contributed by atoms with Crippen LogP contribution in [0.4, 0.5) is 11.4 Å². The Morgan fingerprint density at radius 2 is 1.61 bits per heavy atom. The molecule has 0 radical (unpaired) electrons. The first-order chi connectivity index (χ1) is 20.9. The Kier molecular flexibility index (Phi) is 14.6. The van der Waals surface area contributed by atoms with Gasteiger partial charge in [0.25, 0.3) is 0 Å². The summed E-state index contributed by atoms with van der Waals surface area (Å²) in [6.45, 7) is 4.09. The number of phenolic OH excluding ortho intramolecular Hbond substituents is 1. The Bertz CT molecular complexity index is 1630. The highest BCUT2D eigenvalue weighted by molar-refractivity contribution is 14.1. The van der Waals surface area contributed by atoms with Gasteiger partial charge < -0.3 is 29.7 Å². The van der Waals surface area contributed by atoms with E-state index in [4.69, 9.17) is 42.5 Å². The van der Waals surface area contributed by atoms with E-state index >= 15 is 0 Å². The molecule has 0 unspecified atom stereocenters. The van der Waals surface area contributed by atoms with E-state index in [2.05, 4.69) is 50.5 Å². The minimum absolute atomic E-state index is 0.0105. The molecule has 0 bridgehead atoms. The maximum Gasteiger partial charge on any atom is 0.342 e. The highest BCUT2D eigenvalue weighted by atomic mass is 127. The van der Waals surface area contributed by atoms with Crippen LogP contribution in [0.25, 0.3) is 0 Å². The molecular formula is C31H26Cl2I3NO7. The van der Waals surface area contributed by atoms with Crippen LogP contribution in [0.1, 0.15) is 28.4 Å². The monoisotopic (exact) mass is 975 g/mol. The number of carbonyl (C=O) groups is 2. The van der Waals surface area contributed by atoms with Crippen LogP contribution >= 0.6 is 91.0 Å². The number of nitrogens with one attached hydrogen (secondary N) is 1. The lowest BCUT2D eigenvalue weighted by Gasteiger charge is -2.15. The molecule has 232 valence electrons. The SMILES string of the molecule is CCOCOC(=O)c1ccccc1Nc1c(Cl)ccc(C)c1Cl.O=C(O)Cc1cc(I)c(Oc2ccc(O)c(I)c2)c(I)c1. The van der Waals surface area contributed by atoms with Gasteiger partial charge in [0.1, 0.15) is 11.5 Å². The van der Waals surface area contributed by atoms with Gasteiger partial charge in [-0.25, -0.2) is 4.79 Å². The lowest BCUT2D eigenvalue weighted by molar-refractivity contribution is -0.136. The number of carboxylic acid groups (broad SMARTS) is 1. The van der Waals surface area contributed by atoms with Crippen molar-refractivity contribution in [2.45, 2.75) is 20.3 Å². The van der Waals surface area contributed by atoms with Gasteiger partial charge in [0.2, 0.25) is 0 Å². The number of aryl methyl sites for hydroxylation is 1. The smallest absolute Gasteiger partial charge is 0.342 e. The quantitative estimate of drug-likeness (QED) is 0.0624. The average Bonchev–Trinajstić information content (AvgIpc) is 2.97. The van der Waals surface area contributed by atoms with Crippen molar-refractivity contribution in [1.29, 1.82) is 0 Å². The van der Waals surface area contributed by atoms with Crippen LogP contribution in [0.2, 0.25) is 10.0 Å². The summed E-state index contributed by atoms with van der Waals surface area (Å²) in [5.74, 6) is 0.180. The third-order valence-corrected chi connectivity index (χ3v) is 8.99. The van der Waals surface area contributed by atoms with E-state index in [0.29, 0.717) is 48.7 Å². The van der Waals surface area contributed by atoms with E-state index in [1.807, 2.05) is 42.5 Å². The van der Waals surface area contributed by atoms with Crippen LogP contribution in [0, 0.1) is 17.6 Å². The summed E-state index contributed by atoms with van der Waals surface area (Å²) < 4.78 is 18.4. The number of carboxylic acids is 1. The summed E-state index contributed by atoms with van der Waals surface area (Å²) in [5, 5.41) is 22.5. The number of ether oxygens (including phenoxy) is 3. The Morgan fingerprint density at radius 3 is 2.25 bits per heavy atom. The van der Waals surface area contributed by atoms with Crippen molar-refractivity contribution in [2.24, 2.45) is 0 Å². The average molecular weight is 976 g/mol. The van der Waals surface area contributed by atoms with Gasteiger partial charge in [0, 0.05) is 6.61 Å². The van der Waals surface area contributed by atoms with Gasteiger partial charge in [0.05, 0.1) is 44.1 Å². The third-order valence-electron chi connectivity index (χ3n) is 5.72. The summed E-state index contributed by atoms with van der Waals surface area (Å²) in [6.07, 6.45) is -0.0105. The van der Waals surface area contributed by atoms with Gasteiger partial charge in [-0.1, -0.05) is 41.4 Å². The van der Waals surface area contributed by atoms with E-state index in [1.165, 1.54) is 0 Å². The minimum Gasteiger partial charge on any atom is -0.507 e. The Hall–Kier alpha value is -2.05. The number of hydrogen-bond acceptors (Lipinski definition) is 7. The van der Waals surface area contributed by atoms with Crippen molar-refractivity contribution in [2.75, 3.05) is 18.7 Å². The predicted octanol–water partition coefficient (Wildman–Crippen LogP) is 9.82. The number of aromatic hydroxyl groups is 1. The molecule has 8 nitrogen and oxygen atoms in total. The zero-order chi connectivity index (χ0) is 32.4. The van der Waals surface area contributed by atoms with Crippen molar-refractivity contribution in [3.8, 4) is 17.2 Å². The Morgan fingerprint density at radius 1 is 0.932 bits per heavy atom. The summed E-state index contributed by atoms with van der Waals surface area (Å²) >= 11 is 18.8. The molecule has 0 aliphatic carbocycles. The normalized spacial score (nSPS) is 10.4. The summed E-state index contributed by atoms with van der Waals surface area (Å²) in [5.41, 5.74) is 3.11. The standard InChI is InChI=1S/C17H17Cl2NO3.C14H9I3O4/c1-3-22-10-23-17(21)12-6-4-5-7-14(12)20-16-13(18)9-8-11(2)15(16)19;15-9-6-8(1-2-12(9)18)21-14-10(16)3-7(4-11(14)17)5-13(19)20/h4-9,20H,3,10H2,1-2H3;1-4,6,18H,5H2,(H,19,20). The highest BCUT2D eigenvalue weighted by Crippen LogP contribution is 2.37. The first-order valence-corrected chi connectivity index (χ1v) is 16.8. The Balaban J connectivity index is 0.000000241. The molecule has 13 heteroatoms. The van der Waals surface area contributed by atoms with Crippen LogP contribution in [0.15, 0.2) is 66.7 Å². The topological polar surface area (TPSA) is 114 Å². The minimum atomic E-state index is -0.858. The van der Waals surface area contributed by atoms with Crippen molar-refractivity contribution in [1.82, 2.24) is 0 Å². The van der Waals surface area contributed by atoms with E-state index in [0.717, 1.165) is 18.3 Å². The van der Waals surface area contributed by atoms with Gasteiger partial charge >= 0.3 is 11.9 Å². The molecule has 0 atom stereocenters. The number of benzene rings is 4. The molecule has 0 aliphatic rings. The van der Waals surface area contributed by atoms with Crippen LogP contribution in [-0.4, -0.2) is 35.6 Å². The molecule has 0 saturated carbocycles. The molecule has 0 saturated heterocycles. The number of aliphatic carboxylic acids is 1. The second kappa shape index (κ2) is 17.6. The van der Waals surface area contributed by atoms with Gasteiger partial charge in [0.15, 0.2) is 12.5 Å². The summed E-state index contributed by atoms with van der Waals surface area (Å²) in [4.78, 5) is 22.9. The molecule has 0 heterocycles. The largest absolute Gasteiger partial charge is 0.507 e. The molecule has 3 N–H and O–H groups in total. The molecule has 0 fully saturated rings. The fraction of sp³-hybridized carbons (Fsp3) is 0.161. The molecule has 0 aromatic heterocycles. The van der Waals surface area contributed by atoms with E-state index < -0.39 is 11.9 Å². The number of anilines is 2. The molecule has 4 aromatic carbocycles. The van der Waals surface area contributed by atoms with E-state index in [-0.39, 0.29) is 19.0 Å². The van der Waals surface area contributed by atoms with Crippen LogP contribution in [-0.2, 0) is 20.7 Å². The first-order valence-electron chi connectivity index (χ1n) is 12.8. The summed E-state index contributed by atoms with van der Waals surface area (Å²) in [7, 11) is 0. The fourth-order valence-corrected chi connectivity index (χ4v) is 6.66. The van der Waals surface area contributed by atoms with Crippen molar-refractivity contribution in [3.63, 3.8) is 0 Å². The lowest BCUT2D eigenvalue weighted by Crippen LogP contribution is -2.11. The van der Waals surface area contributed by atoms with E-state index in [9.17, 15) is 14.7 Å². The van der Waals surface area contributed by atoms with Crippen LogP contribution < -0.4 is 10.1 Å². The zero-order valence-corrected chi connectivity index (χ0v) is 31.3. The lowest BCUT2D eigenvalue weighted by atomic mass is 10.1. The number of para-hydroxylation sites is 1. The van der Waals surface area contributed by atoms with Crippen molar-refractivity contribution in [3.05, 3.63) is 104 Å². The predicted molar refractivity (Wildman–Crippen MR) is 197 cm³/mol. The number of esters is 1. The molecule has 44 heavy (non-hydrogen) atoms. The molecule has 0 spiro atoms. The maximum atomic E-state index is 12.2. The van der Waals surface area contributed by atoms with Gasteiger partial charge in [-0.15, -0.1) is 0 Å². The number of phenols is 1. The van der Waals surface area contributed by atoms with Crippen molar-refractivity contribution < 1.29 is 34.0 Å². The third kappa shape index (κ3) is 10.5. The second-order valence-corrected chi connectivity index (χ2v) is 13.2. The number of rotatable bonds is 10. The zero-order valence-electron chi connectivity index (χ0n) is 23.3. The van der Waals surface area contributed by atoms with Gasteiger partial charge in [-0.3, -0.25) is 4.79 Å². The Labute approximate surface area is 305 Å². The molecule has 0 amide bonds. The van der Waals surface area contributed by atoms with E-state index in [1.54, 1.807) is 60.7 Å². The molecule has 0 aliphatic heterocycles. The highest BCUT2D eigenvalue weighted by Gasteiger charge is 2.16. The second-order valence-electron chi connectivity index (χ2n) is 8.94. The number of hydrogen-bond donors (Lipinski definition) is 3. The summed E-state index contributed by atoms with van der Waals surface area (Å²) in [6, 6.07) is 19.2. The van der Waals surface area contributed by atoms with Gasteiger partial charge in [-0.05, 0) is 141 Å². The van der Waals surface area contributed by atoms with Crippen LogP contribution in [0.5, 0.6) is 17.2 Å². The fourth-order valence-electron chi connectivity index (χ4n) is 3.59. The maximum absolute atomic E-state index is 12.2. The number of halogens is 5. The van der Waals surface area contributed by atoms with Crippen molar-refractivity contribution >= 4 is 114 Å². The molecule has 4 rings (SSSR count). The first kappa shape index (κ1) is 36.4. The number of carbonyl (C=O) groups excluding carboxylic acids is 1. The molecular weight excluding hydrogens is 950 g/mol. The van der Waals surface area contributed by atoms with Crippen LogP contribution in [0.3, 0.4) is 0 Å². The molecule has 4 aromatic rings.